The molecule has 5 nitrogen and oxygen atoms in total. The summed E-state index contributed by atoms with van der Waals surface area (Å²) >= 11 is 1.61. The van der Waals surface area contributed by atoms with Crippen LogP contribution in [0.5, 0.6) is 5.75 Å². The van der Waals surface area contributed by atoms with Crippen LogP contribution >= 0.6 is 11.8 Å². The van der Waals surface area contributed by atoms with Crippen molar-refractivity contribution in [2.75, 3.05) is 7.11 Å². The maximum Gasteiger partial charge on any atom is 0.214 e. The molecule has 3 aromatic carbocycles. The van der Waals surface area contributed by atoms with Crippen molar-refractivity contribution in [1.29, 1.82) is 0 Å². The molecular weight excluding hydrogens is 332 g/mol. The Morgan fingerprint density at radius 1 is 0.960 bits per heavy atom. The van der Waals surface area contributed by atoms with Gasteiger partial charge >= 0.3 is 0 Å². The van der Waals surface area contributed by atoms with Crippen molar-refractivity contribution in [3.05, 3.63) is 72.3 Å². The average Bonchev–Trinajstić information content (AvgIpc) is 3.14. The van der Waals surface area contributed by atoms with Crippen molar-refractivity contribution >= 4 is 22.5 Å². The van der Waals surface area contributed by atoms with Crippen molar-refractivity contribution in [3.63, 3.8) is 0 Å². The number of aromatic nitrogens is 4. The Labute approximate surface area is 149 Å². The molecule has 0 aliphatic carbocycles. The molecule has 0 saturated heterocycles. The number of ether oxygens (including phenoxy) is 1. The number of fused-ring (bicyclic) bond motifs is 1. The lowest BCUT2D eigenvalue weighted by Gasteiger charge is -2.08. The molecule has 0 radical (unpaired) electrons. The van der Waals surface area contributed by atoms with Crippen LogP contribution in [-0.4, -0.2) is 27.3 Å². The van der Waals surface area contributed by atoms with Crippen LogP contribution in [0.4, 0.5) is 0 Å². The molecular formula is C19H16N4OS. The number of thioether (sulfide) groups is 1. The SMILES string of the molecule is COc1ccc(CSc2nnnn2-c2cccc3ccccc23)cc1. The highest BCUT2D eigenvalue weighted by atomic mass is 32.2. The molecule has 4 aromatic rings. The molecule has 0 saturated carbocycles. The molecule has 0 N–H and O–H groups in total. The zero-order valence-electron chi connectivity index (χ0n) is 13.7. The molecule has 124 valence electrons. The van der Waals surface area contributed by atoms with Gasteiger partial charge in [-0.25, -0.2) is 0 Å². The Bertz CT molecular complexity index is 992. The Morgan fingerprint density at radius 3 is 2.60 bits per heavy atom. The van der Waals surface area contributed by atoms with E-state index in [1.165, 1.54) is 10.9 Å². The van der Waals surface area contributed by atoms with E-state index in [0.29, 0.717) is 0 Å². The summed E-state index contributed by atoms with van der Waals surface area (Å²) in [6.07, 6.45) is 0. The normalized spacial score (nSPS) is 10.9. The van der Waals surface area contributed by atoms with Gasteiger partial charge in [0.15, 0.2) is 0 Å². The van der Waals surface area contributed by atoms with Gasteiger partial charge in [-0.3, -0.25) is 0 Å². The number of nitrogens with zero attached hydrogens (tertiary/aromatic N) is 4. The van der Waals surface area contributed by atoms with Gasteiger partial charge in [-0.2, -0.15) is 4.68 Å². The number of tetrazole rings is 1. The number of rotatable bonds is 5. The zero-order chi connectivity index (χ0) is 17.1. The quantitative estimate of drug-likeness (QED) is 0.508. The predicted molar refractivity (Wildman–Crippen MR) is 99.2 cm³/mol. The lowest BCUT2D eigenvalue weighted by Crippen LogP contribution is -2.00. The third-order valence-electron chi connectivity index (χ3n) is 3.96. The highest BCUT2D eigenvalue weighted by molar-refractivity contribution is 7.98. The van der Waals surface area contributed by atoms with Gasteiger partial charge in [-0.1, -0.05) is 60.3 Å². The van der Waals surface area contributed by atoms with E-state index >= 15 is 0 Å². The summed E-state index contributed by atoms with van der Waals surface area (Å²) in [5.74, 6) is 1.64. The van der Waals surface area contributed by atoms with E-state index in [1.807, 2.05) is 36.4 Å². The maximum absolute atomic E-state index is 5.19. The predicted octanol–water partition coefficient (Wildman–Crippen LogP) is 4.12. The molecule has 0 bridgehead atoms. The Morgan fingerprint density at radius 2 is 1.76 bits per heavy atom. The van der Waals surface area contributed by atoms with E-state index in [0.717, 1.165) is 27.7 Å². The van der Waals surface area contributed by atoms with Crippen molar-refractivity contribution < 1.29 is 4.74 Å². The molecule has 1 heterocycles. The summed E-state index contributed by atoms with van der Waals surface area (Å²) in [6, 6.07) is 22.4. The molecule has 4 rings (SSSR count). The molecule has 1 aromatic heterocycles. The second-order valence-electron chi connectivity index (χ2n) is 5.51. The summed E-state index contributed by atoms with van der Waals surface area (Å²) in [5.41, 5.74) is 2.18. The van der Waals surface area contributed by atoms with Gasteiger partial charge in [0.1, 0.15) is 5.75 Å². The molecule has 0 atom stereocenters. The van der Waals surface area contributed by atoms with Gasteiger partial charge in [-0.05, 0) is 39.6 Å². The van der Waals surface area contributed by atoms with Gasteiger partial charge in [-0.15, -0.1) is 5.10 Å². The molecule has 0 aliphatic rings. The van der Waals surface area contributed by atoms with Gasteiger partial charge in [0.05, 0.1) is 12.8 Å². The van der Waals surface area contributed by atoms with Crippen LogP contribution in [0.15, 0.2) is 71.9 Å². The van der Waals surface area contributed by atoms with Crippen LogP contribution in [0.25, 0.3) is 16.5 Å². The van der Waals surface area contributed by atoms with Crippen LogP contribution in [0.3, 0.4) is 0 Å². The van der Waals surface area contributed by atoms with Gasteiger partial charge < -0.3 is 4.74 Å². The lowest BCUT2D eigenvalue weighted by atomic mass is 10.1. The van der Waals surface area contributed by atoms with Crippen LogP contribution in [0.2, 0.25) is 0 Å². The second kappa shape index (κ2) is 6.94. The van der Waals surface area contributed by atoms with E-state index in [9.17, 15) is 0 Å². The maximum atomic E-state index is 5.19. The van der Waals surface area contributed by atoms with E-state index in [2.05, 4.69) is 45.9 Å². The van der Waals surface area contributed by atoms with Crippen LogP contribution < -0.4 is 4.74 Å². The van der Waals surface area contributed by atoms with Crippen molar-refractivity contribution in [3.8, 4) is 11.4 Å². The van der Waals surface area contributed by atoms with E-state index in [1.54, 1.807) is 23.6 Å². The average molecular weight is 348 g/mol. The Kier molecular flexibility index (Phi) is 4.35. The molecule has 0 fully saturated rings. The standard InChI is InChI=1S/C19H16N4OS/c1-24-16-11-9-14(10-12-16)13-25-19-20-21-22-23(19)18-8-4-6-15-5-2-3-7-17(15)18/h2-12H,13H2,1H3. The monoisotopic (exact) mass is 348 g/mol. The number of methoxy groups -OCH3 is 1. The van der Waals surface area contributed by atoms with Crippen molar-refractivity contribution in [2.24, 2.45) is 0 Å². The third kappa shape index (κ3) is 3.21. The van der Waals surface area contributed by atoms with Gasteiger partial charge in [0.25, 0.3) is 0 Å². The molecule has 6 heteroatoms. The first-order valence-corrected chi connectivity index (χ1v) is 8.86. The first-order chi connectivity index (χ1) is 12.3. The molecule has 25 heavy (non-hydrogen) atoms. The highest BCUT2D eigenvalue weighted by Gasteiger charge is 2.11. The first-order valence-electron chi connectivity index (χ1n) is 7.87. The fraction of sp³-hybridized carbons (Fsp3) is 0.105. The minimum atomic E-state index is 0.771. The fourth-order valence-corrected chi connectivity index (χ4v) is 3.52. The molecule has 0 unspecified atom stereocenters. The number of hydrogen-bond donors (Lipinski definition) is 0. The number of benzene rings is 3. The number of hydrogen-bond acceptors (Lipinski definition) is 5. The summed E-state index contributed by atoms with van der Waals surface area (Å²) in [6.45, 7) is 0. The summed E-state index contributed by atoms with van der Waals surface area (Å²) < 4.78 is 7.00. The minimum absolute atomic E-state index is 0.771. The Hall–Kier alpha value is -2.86. The van der Waals surface area contributed by atoms with E-state index in [4.69, 9.17) is 4.74 Å². The van der Waals surface area contributed by atoms with Gasteiger partial charge in [0.2, 0.25) is 5.16 Å². The molecule has 0 aliphatic heterocycles. The zero-order valence-corrected chi connectivity index (χ0v) is 14.5. The lowest BCUT2D eigenvalue weighted by molar-refractivity contribution is 0.414. The van der Waals surface area contributed by atoms with Crippen molar-refractivity contribution in [2.45, 2.75) is 10.9 Å². The third-order valence-corrected chi connectivity index (χ3v) is 4.95. The van der Waals surface area contributed by atoms with Crippen LogP contribution in [0, 0.1) is 0 Å². The summed E-state index contributed by atoms with van der Waals surface area (Å²) in [4.78, 5) is 0. The largest absolute Gasteiger partial charge is 0.497 e. The van der Waals surface area contributed by atoms with Crippen molar-refractivity contribution in [1.82, 2.24) is 20.2 Å². The van der Waals surface area contributed by atoms with Crippen LogP contribution in [-0.2, 0) is 5.75 Å². The van der Waals surface area contributed by atoms with E-state index in [-0.39, 0.29) is 0 Å². The fourth-order valence-electron chi connectivity index (χ4n) is 2.68. The summed E-state index contributed by atoms with van der Waals surface area (Å²) in [7, 11) is 1.67. The van der Waals surface area contributed by atoms with Crippen LogP contribution in [0.1, 0.15) is 5.56 Å². The Balaban J connectivity index is 1.61. The highest BCUT2D eigenvalue weighted by Crippen LogP contribution is 2.27. The minimum Gasteiger partial charge on any atom is -0.497 e. The topological polar surface area (TPSA) is 52.8 Å². The van der Waals surface area contributed by atoms with E-state index < -0.39 is 0 Å². The smallest absolute Gasteiger partial charge is 0.214 e. The van der Waals surface area contributed by atoms with Gasteiger partial charge in [0, 0.05) is 11.1 Å². The summed E-state index contributed by atoms with van der Waals surface area (Å²) in [5, 5.41) is 15.3. The molecule has 0 amide bonds. The molecule has 0 spiro atoms. The second-order valence-corrected chi connectivity index (χ2v) is 6.45. The first kappa shape index (κ1) is 15.7.